The molecule has 2 N–H and O–H groups in total. The number of benzene rings is 1. The molecule has 0 heterocycles. The Morgan fingerprint density at radius 3 is 2.57 bits per heavy atom. The number of hydrogen-bond acceptors (Lipinski definition) is 4. The van der Waals surface area contributed by atoms with Crippen molar-refractivity contribution in [2.75, 3.05) is 7.11 Å². The lowest BCUT2D eigenvalue weighted by molar-refractivity contribution is -0.173. The Balaban J connectivity index is 2.95. The highest BCUT2D eigenvalue weighted by Gasteiger charge is 2.45. The van der Waals surface area contributed by atoms with Gasteiger partial charge in [-0.1, -0.05) is 56.0 Å². The Morgan fingerprint density at radius 1 is 1.33 bits per heavy atom. The van der Waals surface area contributed by atoms with Crippen molar-refractivity contribution in [2.45, 2.75) is 44.3 Å². The van der Waals surface area contributed by atoms with E-state index < -0.39 is 17.7 Å². The molecule has 0 amide bonds. The third kappa shape index (κ3) is 4.32. The second kappa shape index (κ2) is 8.46. The van der Waals surface area contributed by atoms with Crippen LogP contribution in [0.15, 0.2) is 30.3 Å². The number of methoxy groups -OCH3 is 1. The molecule has 21 heavy (non-hydrogen) atoms. The van der Waals surface area contributed by atoms with Crippen molar-refractivity contribution in [3.8, 4) is 11.8 Å². The first-order chi connectivity index (χ1) is 10.1. The molecular weight excluding hydrogens is 268 g/mol. The van der Waals surface area contributed by atoms with Gasteiger partial charge in [0.15, 0.2) is 6.10 Å². The average Bonchev–Trinajstić information content (AvgIpc) is 2.53. The molecule has 1 rings (SSSR count). The lowest BCUT2D eigenvalue weighted by Crippen LogP contribution is -2.46. The standard InChI is InChI=1S/C17H22O4/c1-3-4-5-6-10-13-15(18)17(20,16(19)21-2)14-11-8-7-9-12-14/h7-9,11-12,15,18,20H,3-6H2,1-2H3/t15-,17-/m1/s1. The molecule has 4 nitrogen and oxygen atoms in total. The van der Waals surface area contributed by atoms with Crippen LogP contribution in [0.1, 0.15) is 38.2 Å². The molecule has 0 saturated carbocycles. The van der Waals surface area contributed by atoms with E-state index in [9.17, 15) is 15.0 Å². The van der Waals surface area contributed by atoms with Crippen LogP contribution in [0.2, 0.25) is 0 Å². The average molecular weight is 290 g/mol. The van der Waals surface area contributed by atoms with Crippen molar-refractivity contribution in [2.24, 2.45) is 0 Å². The highest BCUT2D eigenvalue weighted by atomic mass is 16.5. The number of aliphatic hydroxyl groups excluding tert-OH is 1. The van der Waals surface area contributed by atoms with E-state index in [1.165, 1.54) is 0 Å². The predicted octanol–water partition coefficient (Wildman–Crippen LogP) is 1.99. The topological polar surface area (TPSA) is 66.8 Å². The zero-order chi connectivity index (χ0) is 15.7. The number of hydrogen-bond donors (Lipinski definition) is 2. The Labute approximate surface area is 125 Å². The maximum atomic E-state index is 11.9. The molecule has 0 unspecified atom stereocenters. The van der Waals surface area contributed by atoms with Gasteiger partial charge in [-0.25, -0.2) is 4.79 Å². The Bertz CT molecular complexity index is 501. The number of rotatable bonds is 6. The van der Waals surface area contributed by atoms with E-state index in [4.69, 9.17) is 0 Å². The van der Waals surface area contributed by atoms with Crippen molar-refractivity contribution < 1.29 is 19.7 Å². The van der Waals surface area contributed by atoms with Crippen molar-refractivity contribution in [1.29, 1.82) is 0 Å². The number of ether oxygens (including phenoxy) is 1. The molecule has 0 fully saturated rings. The van der Waals surface area contributed by atoms with Crippen molar-refractivity contribution in [3.63, 3.8) is 0 Å². The van der Waals surface area contributed by atoms with E-state index in [1.807, 2.05) is 0 Å². The van der Waals surface area contributed by atoms with Gasteiger partial charge in [0, 0.05) is 6.42 Å². The van der Waals surface area contributed by atoms with Crippen LogP contribution in [0, 0.1) is 11.8 Å². The molecule has 0 aliphatic heterocycles. The minimum atomic E-state index is -2.17. The number of carbonyl (C=O) groups is 1. The molecule has 114 valence electrons. The summed E-state index contributed by atoms with van der Waals surface area (Å²) in [6.07, 6.45) is 2.16. The maximum Gasteiger partial charge on any atom is 0.346 e. The Kier molecular flexibility index (Phi) is 6.93. The van der Waals surface area contributed by atoms with Crippen LogP contribution in [0.25, 0.3) is 0 Å². The molecule has 4 heteroatoms. The minimum Gasteiger partial charge on any atom is -0.467 e. The van der Waals surface area contributed by atoms with E-state index >= 15 is 0 Å². The second-order valence-electron chi connectivity index (χ2n) is 4.80. The first-order valence-corrected chi connectivity index (χ1v) is 7.10. The van der Waals surface area contributed by atoms with Crippen LogP contribution in [-0.2, 0) is 15.1 Å². The molecule has 0 spiro atoms. The summed E-state index contributed by atoms with van der Waals surface area (Å²) < 4.78 is 4.62. The van der Waals surface area contributed by atoms with Gasteiger partial charge < -0.3 is 14.9 Å². The smallest absolute Gasteiger partial charge is 0.346 e. The van der Waals surface area contributed by atoms with Gasteiger partial charge in [-0.2, -0.15) is 0 Å². The SMILES string of the molecule is CCCCCC#C[C@@H](O)[C@@](O)(C(=O)OC)c1ccccc1. The number of carbonyl (C=O) groups excluding carboxylic acids is 1. The quantitative estimate of drug-likeness (QED) is 0.478. The molecule has 2 atom stereocenters. The fourth-order valence-electron chi connectivity index (χ4n) is 1.97. The first kappa shape index (κ1) is 17.2. The zero-order valence-corrected chi connectivity index (χ0v) is 12.5. The predicted molar refractivity (Wildman–Crippen MR) is 80.3 cm³/mol. The highest BCUT2D eigenvalue weighted by molar-refractivity contribution is 5.82. The fourth-order valence-corrected chi connectivity index (χ4v) is 1.97. The summed E-state index contributed by atoms with van der Waals surface area (Å²) in [6.45, 7) is 2.09. The van der Waals surface area contributed by atoms with Gasteiger partial charge in [-0.05, 0) is 12.0 Å². The van der Waals surface area contributed by atoms with Gasteiger partial charge in [-0.3, -0.25) is 0 Å². The maximum absolute atomic E-state index is 11.9. The first-order valence-electron chi connectivity index (χ1n) is 7.10. The van der Waals surface area contributed by atoms with Crippen LogP contribution in [-0.4, -0.2) is 29.4 Å². The van der Waals surface area contributed by atoms with E-state index in [2.05, 4.69) is 23.5 Å². The number of unbranched alkanes of at least 4 members (excludes halogenated alkanes) is 3. The Morgan fingerprint density at radius 2 is 2.00 bits per heavy atom. The van der Waals surface area contributed by atoms with Crippen LogP contribution >= 0.6 is 0 Å². The number of aliphatic hydroxyl groups is 2. The summed E-state index contributed by atoms with van der Waals surface area (Å²) in [4.78, 5) is 11.9. The van der Waals surface area contributed by atoms with Gasteiger partial charge in [0.25, 0.3) is 0 Å². The molecule has 0 bridgehead atoms. The third-order valence-electron chi connectivity index (χ3n) is 3.25. The largest absolute Gasteiger partial charge is 0.467 e. The zero-order valence-electron chi connectivity index (χ0n) is 12.5. The van der Waals surface area contributed by atoms with Crippen LogP contribution < -0.4 is 0 Å². The van der Waals surface area contributed by atoms with Crippen molar-refractivity contribution in [1.82, 2.24) is 0 Å². The van der Waals surface area contributed by atoms with Crippen LogP contribution in [0.3, 0.4) is 0 Å². The van der Waals surface area contributed by atoms with E-state index in [0.29, 0.717) is 6.42 Å². The normalized spacial score (nSPS) is 14.5. The Hall–Kier alpha value is -1.83. The summed E-state index contributed by atoms with van der Waals surface area (Å²) in [6, 6.07) is 8.21. The molecule has 0 aliphatic rings. The van der Waals surface area contributed by atoms with E-state index in [0.717, 1.165) is 26.4 Å². The molecule has 1 aromatic carbocycles. The highest BCUT2D eigenvalue weighted by Crippen LogP contribution is 2.26. The molecular formula is C17H22O4. The van der Waals surface area contributed by atoms with Crippen LogP contribution in [0.4, 0.5) is 0 Å². The third-order valence-corrected chi connectivity index (χ3v) is 3.25. The van der Waals surface area contributed by atoms with E-state index in [1.54, 1.807) is 30.3 Å². The molecule has 0 aliphatic carbocycles. The number of esters is 1. The van der Waals surface area contributed by atoms with Gasteiger partial charge in [-0.15, -0.1) is 5.92 Å². The lowest BCUT2D eigenvalue weighted by atomic mass is 9.88. The molecule has 0 saturated heterocycles. The summed E-state index contributed by atoms with van der Waals surface area (Å²) in [5.41, 5.74) is -1.92. The van der Waals surface area contributed by atoms with E-state index in [-0.39, 0.29) is 5.56 Å². The van der Waals surface area contributed by atoms with Gasteiger partial charge in [0.2, 0.25) is 5.60 Å². The molecule has 0 radical (unpaired) electrons. The second-order valence-corrected chi connectivity index (χ2v) is 4.80. The molecule has 1 aromatic rings. The molecule has 0 aromatic heterocycles. The summed E-state index contributed by atoms with van der Waals surface area (Å²) in [5.74, 6) is 4.43. The van der Waals surface area contributed by atoms with Gasteiger partial charge in [0.05, 0.1) is 7.11 Å². The van der Waals surface area contributed by atoms with Gasteiger partial charge >= 0.3 is 5.97 Å². The fraction of sp³-hybridized carbons (Fsp3) is 0.471. The van der Waals surface area contributed by atoms with Crippen molar-refractivity contribution >= 4 is 5.97 Å². The van der Waals surface area contributed by atoms with Crippen LogP contribution in [0.5, 0.6) is 0 Å². The summed E-state index contributed by atoms with van der Waals surface area (Å²) in [7, 11) is 1.16. The summed E-state index contributed by atoms with van der Waals surface area (Å²) >= 11 is 0. The monoisotopic (exact) mass is 290 g/mol. The lowest BCUT2D eigenvalue weighted by Gasteiger charge is -2.27. The van der Waals surface area contributed by atoms with Gasteiger partial charge in [0.1, 0.15) is 0 Å². The summed E-state index contributed by atoms with van der Waals surface area (Å²) in [5, 5.41) is 20.8. The minimum absolute atomic E-state index is 0.257. The van der Waals surface area contributed by atoms with Crippen molar-refractivity contribution in [3.05, 3.63) is 35.9 Å².